The first-order valence-corrected chi connectivity index (χ1v) is 10.9. The van der Waals surface area contributed by atoms with Gasteiger partial charge in [-0.15, -0.1) is 0 Å². The molecule has 0 aliphatic heterocycles. The van der Waals surface area contributed by atoms with Crippen LogP contribution < -0.4 is 10.9 Å². The number of carboxylic acid groups (broad SMARTS) is 1. The Bertz CT molecular complexity index is 1150. The van der Waals surface area contributed by atoms with E-state index in [4.69, 9.17) is 11.6 Å². The Morgan fingerprint density at radius 3 is 2.53 bits per heavy atom. The summed E-state index contributed by atoms with van der Waals surface area (Å²) in [5, 5.41) is 16.8. The summed E-state index contributed by atoms with van der Waals surface area (Å²) in [6.07, 6.45) is 0.749. The molecular weight excluding hydrogens is 447 g/mol. The summed E-state index contributed by atoms with van der Waals surface area (Å²) in [4.78, 5) is 25.3. The molecule has 2 aromatic rings. The first kappa shape index (κ1) is 21.3. The number of hydrogen-bond donors (Lipinski definition) is 2. The Kier molecular flexibility index (Phi) is 4.64. The fourth-order valence-corrected chi connectivity index (χ4v) is 6.67. The summed E-state index contributed by atoms with van der Waals surface area (Å²) < 4.78 is 40.3. The average Bonchev–Trinajstić information content (AvgIpc) is 2.70. The highest BCUT2D eigenvalue weighted by Gasteiger charge is 2.62. The van der Waals surface area contributed by atoms with Gasteiger partial charge in [0.2, 0.25) is 0 Å². The van der Waals surface area contributed by atoms with Gasteiger partial charge in [0.1, 0.15) is 5.02 Å². The number of anilines is 2. The van der Waals surface area contributed by atoms with Gasteiger partial charge in [0.25, 0.3) is 5.56 Å². The number of aliphatic carboxylic acids is 1. The van der Waals surface area contributed by atoms with Crippen molar-refractivity contribution in [1.82, 2.24) is 9.78 Å². The number of rotatable bonds is 4. The van der Waals surface area contributed by atoms with Crippen LogP contribution in [-0.2, 0) is 16.5 Å². The van der Waals surface area contributed by atoms with E-state index in [2.05, 4.69) is 10.4 Å². The predicted octanol–water partition coefficient (Wildman–Crippen LogP) is 5.04. The Labute approximate surface area is 186 Å². The topological polar surface area (TPSA) is 84.2 Å². The zero-order chi connectivity index (χ0) is 22.9. The second-order valence-electron chi connectivity index (χ2n) is 9.56. The lowest BCUT2D eigenvalue weighted by Gasteiger charge is -2.60. The van der Waals surface area contributed by atoms with Gasteiger partial charge in [-0.05, 0) is 68.6 Å². The van der Waals surface area contributed by atoms with Crippen molar-refractivity contribution in [3.63, 3.8) is 0 Å². The van der Waals surface area contributed by atoms with Gasteiger partial charge in [-0.1, -0.05) is 17.7 Å². The normalized spacial score (nSPS) is 31.0. The van der Waals surface area contributed by atoms with Gasteiger partial charge < -0.3 is 10.4 Å². The van der Waals surface area contributed by atoms with E-state index >= 15 is 0 Å². The molecule has 2 atom stereocenters. The van der Waals surface area contributed by atoms with Crippen molar-refractivity contribution in [2.45, 2.75) is 50.2 Å². The highest BCUT2D eigenvalue weighted by atomic mass is 35.5. The molecule has 4 aliphatic rings. The number of halogens is 4. The van der Waals surface area contributed by atoms with E-state index in [9.17, 15) is 27.9 Å². The van der Waals surface area contributed by atoms with Crippen LogP contribution >= 0.6 is 11.6 Å². The summed E-state index contributed by atoms with van der Waals surface area (Å²) in [7, 11) is 0. The quantitative estimate of drug-likeness (QED) is 0.658. The summed E-state index contributed by atoms with van der Waals surface area (Å²) in [6.45, 7) is 0. The summed E-state index contributed by atoms with van der Waals surface area (Å²) in [5.74, 6) is -0.372. The van der Waals surface area contributed by atoms with Crippen LogP contribution in [0.25, 0.3) is 0 Å². The molecule has 6 rings (SSSR count). The minimum atomic E-state index is -4.50. The molecule has 4 bridgehead atoms. The van der Waals surface area contributed by atoms with Crippen molar-refractivity contribution in [2.75, 3.05) is 5.32 Å². The van der Waals surface area contributed by atoms with Gasteiger partial charge in [0.05, 0.1) is 28.4 Å². The van der Waals surface area contributed by atoms with Gasteiger partial charge >= 0.3 is 12.1 Å². The number of carbonyl (C=O) groups is 1. The first-order chi connectivity index (χ1) is 15.0. The van der Waals surface area contributed by atoms with Crippen LogP contribution in [0.15, 0.2) is 35.3 Å². The SMILES string of the molecule is O=C(O)C12C[C@@H]3C[C@@H](C1)CC(n1ncc(Nc4cccc(C(F)(F)F)c4)c(Cl)c1=O)(C3)C2. The smallest absolute Gasteiger partial charge is 0.416 e. The lowest BCUT2D eigenvalue weighted by molar-refractivity contribution is -0.173. The molecule has 0 unspecified atom stereocenters. The molecule has 32 heavy (non-hydrogen) atoms. The molecule has 0 amide bonds. The Morgan fingerprint density at radius 2 is 1.91 bits per heavy atom. The van der Waals surface area contributed by atoms with E-state index in [0.717, 1.165) is 18.6 Å². The van der Waals surface area contributed by atoms with E-state index in [1.807, 2.05) is 0 Å². The fourth-order valence-electron chi connectivity index (χ4n) is 6.50. The molecular formula is C22H21ClF3N3O3. The molecule has 0 saturated heterocycles. The van der Waals surface area contributed by atoms with Gasteiger partial charge in [0.15, 0.2) is 0 Å². The number of benzene rings is 1. The summed E-state index contributed by atoms with van der Waals surface area (Å²) in [6, 6.07) is 4.58. The van der Waals surface area contributed by atoms with Gasteiger partial charge in [-0.25, -0.2) is 4.68 Å². The molecule has 10 heteroatoms. The van der Waals surface area contributed by atoms with Crippen LogP contribution in [0.5, 0.6) is 0 Å². The molecule has 4 aliphatic carbocycles. The van der Waals surface area contributed by atoms with E-state index in [1.165, 1.54) is 23.0 Å². The van der Waals surface area contributed by atoms with Gasteiger partial charge in [-0.3, -0.25) is 9.59 Å². The predicted molar refractivity (Wildman–Crippen MR) is 111 cm³/mol. The monoisotopic (exact) mass is 467 g/mol. The lowest BCUT2D eigenvalue weighted by atomic mass is 9.47. The van der Waals surface area contributed by atoms with Crippen molar-refractivity contribution in [3.05, 3.63) is 51.4 Å². The van der Waals surface area contributed by atoms with Crippen LogP contribution in [0.4, 0.5) is 24.5 Å². The lowest BCUT2D eigenvalue weighted by Crippen LogP contribution is -2.61. The van der Waals surface area contributed by atoms with Crippen LogP contribution in [-0.4, -0.2) is 20.9 Å². The first-order valence-electron chi connectivity index (χ1n) is 10.5. The molecule has 1 aromatic heterocycles. The molecule has 0 radical (unpaired) electrons. The molecule has 1 heterocycles. The number of aromatic nitrogens is 2. The maximum atomic E-state index is 13.2. The van der Waals surface area contributed by atoms with Gasteiger partial charge in [-0.2, -0.15) is 18.3 Å². The molecule has 6 nitrogen and oxygen atoms in total. The Hall–Kier alpha value is -2.55. The number of carboxylic acids is 1. The second-order valence-corrected chi connectivity index (χ2v) is 9.94. The van der Waals surface area contributed by atoms with Crippen LogP contribution in [0.2, 0.25) is 5.02 Å². The van der Waals surface area contributed by atoms with E-state index in [1.54, 1.807) is 0 Å². The number of hydrogen-bond acceptors (Lipinski definition) is 4. The van der Waals surface area contributed by atoms with Crippen molar-refractivity contribution in [3.8, 4) is 0 Å². The van der Waals surface area contributed by atoms with Crippen LogP contribution in [0.3, 0.4) is 0 Å². The maximum absolute atomic E-state index is 13.2. The number of nitrogens with zero attached hydrogens (tertiary/aromatic N) is 2. The van der Waals surface area contributed by atoms with Crippen molar-refractivity contribution in [1.29, 1.82) is 0 Å². The summed E-state index contributed by atoms with van der Waals surface area (Å²) >= 11 is 6.34. The number of alkyl halides is 3. The third-order valence-electron chi connectivity index (χ3n) is 7.32. The van der Waals surface area contributed by atoms with Crippen LogP contribution in [0, 0.1) is 17.3 Å². The molecule has 4 saturated carbocycles. The maximum Gasteiger partial charge on any atom is 0.416 e. The molecule has 170 valence electrons. The van der Waals surface area contributed by atoms with E-state index in [0.29, 0.717) is 32.1 Å². The molecule has 1 aromatic carbocycles. The highest BCUT2D eigenvalue weighted by molar-refractivity contribution is 6.33. The average molecular weight is 468 g/mol. The van der Waals surface area contributed by atoms with Crippen molar-refractivity contribution >= 4 is 28.9 Å². The second kappa shape index (κ2) is 6.97. The highest BCUT2D eigenvalue weighted by Crippen LogP contribution is 2.63. The zero-order valence-corrected chi connectivity index (χ0v) is 17.7. The largest absolute Gasteiger partial charge is 0.481 e. The molecule has 0 spiro atoms. The van der Waals surface area contributed by atoms with Gasteiger partial charge in [0, 0.05) is 5.69 Å². The summed E-state index contributed by atoms with van der Waals surface area (Å²) in [5.41, 5.74) is -2.70. The van der Waals surface area contributed by atoms with Crippen LogP contribution in [0.1, 0.15) is 44.1 Å². The van der Waals surface area contributed by atoms with E-state index in [-0.39, 0.29) is 28.2 Å². The molecule has 2 N–H and O–H groups in total. The third-order valence-corrected chi connectivity index (χ3v) is 7.69. The minimum absolute atomic E-state index is 0.102. The van der Waals surface area contributed by atoms with Crippen molar-refractivity contribution in [2.24, 2.45) is 17.3 Å². The number of nitrogens with one attached hydrogen (secondary N) is 1. The minimum Gasteiger partial charge on any atom is -0.481 e. The molecule has 4 fully saturated rings. The zero-order valence-electron chi connectivity index (χ0n) is 17.0. The standard InChI is InChI=1S/C22H21ClF3N3O3/c23-17-16(28-15-3-1-2-14(5-15)22(24,25)26)10-27-29(18(17)30)21-8-12-4-13(9-21)7-20(6-12,11-21)19(31)32/h1-3,5,10,12-13,28H,4,6-9,11H2,(H,31,32)/t12-,13-,20?,21?/m0/s1. The van der Waals surface area contributed by atoms with Crippen molar-refractivity contribution < 1.29 is 23.1 Å². The Morgan fingerprint density at radius 1 is 1.22 bits per heavy atom. The van der Waals surface area contributed by atoms with E-state index < -0.39 is 34.2 Å². The Balaban J connectivity index is 1.49. The fraction of sp³-hybridized carbons (Fsp3) is 0.500. The third kappa shape index (κ3) is 3.29.